The molecule has 0 radical (unpaired) electrons. The molecule has 116 valence electrons. The molecule has 0 atom stereocenters. The van der Waals surface area contributed by atoms with Gasteiger partial charge in [-0.15, -0.1) is 11.8 Å². The van der Waals surface area contributed by atoms with Crippen LogP contribution >= 0.6 is 11.8 Å². The number of hydrogen-bond donors (Lipinski definition) is 1. The zero-order chi connectivity index (χ0) is 16.1. The summed E-state index contributed by atoms with van der Waals surface area (Å²) < 4.78 is 6.61. The van der Waals surface area contributed by atoms with Crippen molar-refractivity contribution in [1.29, 1.82) is 0 Å². The number of nitrogens with zero attached hydrogens (tertiary/aromatic N) is 2. The largest absolute Gasteiger partial charge is 0.462 e. The van der Waals surface area contributed by atoms with Crippen molar-refractivity contribution in [3.8, 4) is 0 Å². The molecule has 0 fully saturated rings. The van der Waals surface area contributed by atoms with Crippen LogP contribution in [0.1, 0.15) is 33.3 Å². The highest BCUT2D eigenvalue weighted by Gasteiger charge is 2.16. The van der Waals surface area contributed by atoms with Crippen molar-refractivity contribution in [3.05, 3.63) is 47.3 Å². The van der Waals surface area contributed by atoms with Crippen LogP contribution in [0.2, 0.25) is 0 Å². The molecule has 1 aromatic carbocycles. The standard InChI is InChI=1S/C15H17N3O3S/c1-3-21-15(20)12-8-18(2)17-13(12)9-22-11-6-4-5-10(7-11)14(16)19/h4-8H,3,9H2,1-2H3,(H2,16,19). The number of hydrogen-bond acceptors (Lipinski definition) is 5. The van der Waals surface area contributed by atoms with Crippen LogP contribution in [-0.4, -0.2) is 28.3 Å². The summed E-state index contributed by atoms with van der Waals surface area (Å²) in [5.74, 6) is -0.346. The third kappa shape index (κ3) is 3.88. The molecule has 0 aliphatic rings. The number of esters is 1. The Morgan fingerprint density at radius 2 is 2.18 bits per heavy atom. The summed E-state index contributed by atoms with van der Waals surface area (Å²) in [5.41, 5.74) is 6.83. The molecule has 2 rings (SSSR count). The normalized spacial score (nSPS) is 10.5. The zero-order valence-electron chi connectivity index (χ0n) is 12.4. The number of carbonyl (C=O) groups is 2. The minimum atomic E-state index is -0.465. The molecule has 0 saturated carbocycles. The Morgan fingerprint density at radius 1 is 1.41 bits per heavy atom. The third-order valence-electron chi connectivity index (χ3n) is 2.89. The van der Waals surface area contributed by atoms with Crippen molar-refractivity contribution in [1.82, 2.24) is 9.78 Å². The van der Waals surface area contributed by atoms with Crippen LogP contribution in [0.15, 0.2) is 35.4 Å². The Hall–Kier alpha value is -2.28. The SMILES string of the molecule is CCOC(=O)c1cn(C)nc1CSc1cccc(C(N)=O)c1. The van der Waals surface area contributed by atoms with Gasteiger partial charge in [0.2, 0.25) is 5.91 Å². The number of aromatic nitrogens is 2. The molecule has 0 bridgehead atoms. The van der Waals surface area contributed by atoms with E-state index in [-0.39, 0.29) is 5.97 Å². The van der Waals surface area contributed by atoms with Crippen LogP contribution in [0.5, 0.6) is 0 Å². The van der Waals surface area contributed by atoms with Crippen LogP contribution in [0, 0.1) is 0 Å². The number of aryl methyl sites for hydroxylation is 1. The number of primary amides is 1. The molecular weight excluding hydrogens is 302 g/mol. The monoisotopic (exact) mass is 319 g/mol. The molecule has 7 heteroatoms. The van der Waals surface area contributed by atoms with E-state index in [4.69, 9.17) is 10.5 Å². The molecule has 22 heavy (non-hydrogen) atoms. The lowest BCUT2D eigenvalue weighted by Crippen LogP contribution is -2.10. The first-order valence-electron chi connectivity index (χ1n) is 6.73. The number of thioether (sulfide) groups is 1. The second-order valence-electron chi connectivity index (χ2n) is 4.56. The average Bonchev–Trinajstić information content (AvgIpc) is 2.87. The first kappa shape index (κ1) is 16.1. The molecule has 2 aromatic rings. The van der Waals surface area contributed by atoms with Gasteiger partial charge in [-0.1, -0.05) is 6.07 Å². The predicted octanol–water partition coefficient (Wildman–Crippen LogP) is 1.99. The molecule has 0 aliphatic carbocycles. The minimum Gasteiger partial charge on any atom is -0.462 e. The van der Waals surface area contributed by atoms with E-state index < -0.39 is 5.91 Å². The lowest BCUT2D eigenvalue weighted by Gasteiger charge is -2.04. The van der Waals surface area contributed by atoms with Gasteiger partial charge in [0, 0.05) is 29.5 Å². The highest BCUT2D eigenvalue weighted by molar-refractivity contribution is 7.98. The third-order valence-corrected chi connectivity index (χ3v) is 3.90. The summed E-state index contributed by atoms with van der Waals surface area (Å²) in [6, 6.07) is 7.04. The van der Waals surface area contributed by atoms with Gasteiger partial charge >= 0.3 is 5.97 Å². The first-order valence-corrected chi connectivity index (χ1v) is 7.72. The van der Waals surface area contributed by atoms with Crippen molar-refractivity contribution in [3.63, 3.8) is 0 Å². The average molecular weight is 319 g/mol. The molecule has 1 amide bonds. The summed E-state index contributed by atoms with van der Waals surface area (Å²) in [7, 11) is 1.75. The smallest absolute Gasteiger partial charge is 0.341 e. The van der Waals surface area contributed by atoms with Crippen LogP contribution in [0.25, 0.3) is 0 Å². The summed E-state index contributed by atoms with van der Waals surface area (Å²) in [6.45, 7) is 2.08. The fourth-order valence-electron chi connectivity index (χ4n) is 1.91. The highest BCUT2D eigenvalue weighted by Crippen LogP contribution is 2.24. The summed E-state index contributed by atoms with van der Waals surface area (Å²) in [6.07, 6.45) is 1.65. The lowest BCUT2D eigenvalue weighted by atomic mass is 10.2. The molecular formula is C15H17N3O3S. The summed E-state index contributed by atoms with van der Waals surface area (Å²) in [4.78, 5) is 24.0. The second-order valence-corrected chi connectivity index (χ2v) is 5.61. The van der Waals surface area contributed by atoms with Gasteiger partial charge in [0.15, 0.2) is 0 Å². The fourth-order valence-corrected chi connectivity index (χ4v) is 2.81. The Bertz CT molecular complexity index is 697. The van der Waals surface area contributed by atoms with E-state index >= 15 is 0 Å². The molecule has 2 N–H and O–H groups in total. The molecule has 0 spiro atoms. The molecule has 0 unspecified atom stereocenters. The van der Waals surface area contributed by atoms with E-state index in [2.05, 4.69) is 5.10 Å². The number of nitrogens with two attached hydrogens (primary N) is 1. The van der Waals surface area contributed by atoms with Crippen LogP contribution in [0.3, 0.4) is 0 Å². The number of rotatable bonds is 6. The first-order chi connectivity index (χ1) is 10.5. The summed E-state index contributed by atoms with van der Waals surface area (Å²) >= 11 is 1.48. The Balaban J connectivity index is 2.13. The van der Waals surface area contributed by atoms with Gasteiger partial charge in [-0.2, -0.15) is 5.10 Å². The summed E-state index contributed by atoms with van der Waals surface area (Å²) in [5, 5.41) is 4.29. The van der Waals surface area contributed by atoms with Gasteiger partial charge in [0.05, 0.1) is 12.3 Å². The van der Waals surface area contributed by atoms with E-state index in [1.165, 1.54) is 11.8 Å². The maximum absolute atomic E-state index is 11.9. The lowest BCUT2D eigenvalue weighted by molar-refractivity contribution is 0.0525. The maximum Gasteiger partial charge on any atom is 0.341 e. The van der Waals surface area contributed by atoms with Crippen LogP contribution in [-0.2, 0) is 17.5 Å². The van der Waals surface area contributed by atoms with Gasteiger partial charge in [0.25, 0.3) is 0 Å². The molecule has 0 aliphatic heterocycles. The molecule has 1 heterocycles. The predicted molar refractivity (Wildman–Crippen MR) is 83.7 cm³/mol. The van der Waals surface area contributed by atoms with E-state index in [0.717, 1.165) is 4.90 Å². The van der Waals surface area contributed by atoms with Crippen molar-refractivity contribution in [2.45, 2.75) is 17.6 Å². The van der Waals surface area contributed by atoms with Gasteiger partial charge in [-0.3, -0.25) is 9.48 Å². The Labute approximate surface area is 132 Å². The van der Waals surface area contributed by atoms with Crippen molar-refractivity contribution < 1.29 is 14.3 Å². The van der Waals surface area contributed by atoms with Crippen molar-refractivity contribution in [2.75, 3.05) is 6.61 Å². The Morgan fingerprint density at radius 3 is 2.86 bits per heavy atom. The topological polar surface area (TPSA) is 87.2 Å². The zero-order valence-corrected chi connectivity index (χ0v) is 13.2. The Kier molecular flexibility index (Phi) is 5.21. The van der Waals surface area contributed by atoms with E-state index in [0.29, 0.717) is 29.2 Å². The maximum atomic E-state index is 11.9. The number of carbonyl (C=O) groups excluding carboxylic acids is 2. The van der Waals surface area contributed by atoms with Gasteiger partial charge in [-0.05, 0) is 25.1 Å². The fraction of sp³-hybridized carbons (Fsp3) is 0.267. The number of ether oxygens (including phenoxy) is 1. The van der Waals surface area contributed by atoms with Crippen LogP contribution < -0.4 is 5.73 Å². The number of benzene rings is 1. The van der Waals surface area contributed by atoms with E-state index in [1.807, 2.05) is 6.07 Å². The molecule has 6 nitrogen and oxygen atoms in total. The number of amides is 1. The van der Waals surface area contributed by atoms with Crippen molar-refractivity contribution >= 4 is 23.6 Å². The second kappa shape index (κ2) is 7.13. The minimum absolute atomic E-state index is 0.320. The van der Waals surface area contributed by atoms with Gasteiger partial charge < -0.3 is 10.5 Å². The molecule has 1 aromatic heterocycles. The molecule has 0 saturated heterocycles. The van der Waals surface area contributed by atoms with Gasteiger partial charge in [0.1, 0.15) is 5.56 Å². The van der Waals surface area contributed by atoms with Crippen LogP contribution in [0.4, 0.5) is 0 Å². The van der Waals surface area contributed by atoms with E-state index in [9.17, 15) is 9.59 Å². The quantitative estimate of drug-likeness (QED) is 0.650. The highest BCUT2D eigenvalue weighted by atomic mass is 32.2. The van der Waals surface area contributed by atoms with Crippen molar-refractivity contribution in [2.24, 2.45) is 12.8 Å². The van der Waals surface area contributed by atoms with Gasteiger partial charge in [-0.25, -0.2) is 4.79 Å². The van der Waals surface area contributed by atoms with E-state index in [1.54, 1.807) is 43.0 Å².